The van der Waals surface area contributed by atoms with Crippen LogP contribution < -0.4 is 4.90 Å². The summed E-state index contributed by atoms with van der Waals surface area (Å²) in [5.41, 5.74) is 1.28. The zero-order chi connectivity index (χ0) is 8.97. The summed E-state index contributed by atoms with van der Waals surface area (Å²) >= 11 is 3.54. The molecule has 1 aromatic rings. The Hall–Kier alpha value is -0.500. The summed E-state index contributed by atoms with van der Waals surface area (Å²) in [4.78, 5) is 2.32. The average molecular weight is 228 g/mol. The van der Waals surface area contributed by atoms with Gasteiger partial charge in [-0.15, -0.1) is 0 Å². The summed E-state index contributed by atoms with van der Waals surface area (Å²) in [7, 11) is 0. The second-order valence-corrected chi connectivity index (χ2v) is 3.48. The van der Waals surface area contributed by atoms with E-state index in [9.17, 15) is 0 Å². The molecule has 1 rings (SSSR count). The van der Waals surface area contributed by atoms with Crippen LogP contribution in [0, 0.1) is 0 Å². The average Bonchev–Trinajstić information content (AvgIpc) is 2.10. The van der Waals surface area contributed by atoms with Crippen LogP contribution in [0.15, 0.2) is 28.7 Å². The molecule has 0 radical (unpaired) electrons. The molecule has 0 unspecified atom stereocenters. The molecule has 0 saturated carbocycles. The molecule has 0 bridgehead atoms. The van der Waals surface area contributed by atoms with Gasteiger partial charge >= 0.3 is 0 Å². The van der Waals surface area contributed by atoms with Crippen LogP contribution in [0.2, 0.25) is 0 Å². The number of benzene rings is 1. The van der Waals surface area contributed by atoms with Crippen molar-refractivity contribution in [3.05, 3.63) is 28.7 Å². The van der Waals surface area contributed by atoms with Gasteiger partial charge in [0.15, 0.2) is 0 Å². The van der Waals surface area contributed by atoms with Gasteiger partial charge < -0.3 is 4.90 Å². The van der Waals surface area contributed by atoms with E-state index in [-0.39, 0.29) is 0 Å². The van der Waals surface area contributed by atoms with Crippen molar-refractivity contribution in [2.24, 2.45) is 0 Å². The van der Waals surface area contributed by atoms with Gasteiger partial charge in [-0.3, -0.25) is 0 Å². The maximum Gasteiger partial charge on any atom is 0.0510 e. The molecule has 0 aliphatic carbocycles. The van der Waals surface area contributed by atoms with Crippen LogP contribution in [0.4, 0.5) is 5.69 Å². The van der Waals surface area contributed by atoms with Crippen molar-refractivity contribution in [2.45, 2.75) is 13.8 Å². The van der Waals surface area contributed by atoms with Crippen molar-refractivity contribution in [2.75, 3.05) is 18.0 Å². The molecular formula is C10H14BrN. The van der Waals surface area contributed by atoms with Crippen molar-refractivity contribution in [1.82, 2.24) is 0 Å². The number of halogens is 1. The lowest BCUT2D eigenvalue weighted by atomic mass is 10.3. The van der Waals surface area contributed by atoms with E-state index >= 15 is 0 Å². The second-order valence-electron chi connectivity index (χ2n) is 2.62. The van der Waals surface area contributed by atoms with Gasteiger partial charge in [0.05, 0.1) is 5.69 Å². The standard InChI is InChI=1S/C10H14BrN/c1-3-12(4-2)10-8-6-5-7-9(10)11/h5-8H,3-4H2,1-2H3. The van der Waals surface area contributed by atoms with Gasteiger partial charge in [0.1, 0.15) is 0 Å². The molecule has 0 fully saturated rings. The van der Waals surface area contributed by atoms with Crippen molar-refractivity contribution >= 4 is 21.6 Å². The lowest BCUT2D eigenvalue weighted by Gasteiger charge is -2.22. The topological polar surface area (TPSA) is 3.24 Å². The van der Waals surface area contributed by atoms with Crippen molar-refractivity contribution < 1.29 is 0 Å². The second kappa shape index (κ2) is 4.51. The molecule has 0 atom stereocenters. The van der Waals surface area contributed by atoms with E-state index in [4.69, 9.17) is 0 Å². The quantitative estimate of drug-likeness (QED) is 0.767. The summed E-state index contributed by atoms with van der Waals surface area (Å²) < 4.78 is 1.17. The fraction of sp³-hybridized carbons (Fsp3) is 0.400. The molecule has 0 aliphatic heterocycles. The molecule has 0 heterocycles. The van der Waals surface area contributed by atoms with Crippen molar-refractivity contribution in [3.8, 4) is 0 Å². The molecule has 1 aromatic carbocycles. The fourth-order valence-corrected chi connectivity index (χ4v) is 1.81. The predicted octanol–water partition coefficient (Wildman–Crippen LogP) is 3.30. The Bertz CT molecular complexity index is 243. The van der Waals surface area contributed by atoms with Crippen LogP contribution in [0.5, 0.6) is 0 Å². The van der Waals surface area contributed by atoms with Crippen molar-refractivity contribution in [1.29, 1.82) is 0 Å². The predicted molar refractivity (Wildman–Crippen MR) is 57.7 cm³/mol. The smallest absolute Gasteiger partial charge is 0.0510 e. The van der Waals surface area contributed by atoms with Crippen LogP contribution in [-0.4, -0.2) is 13.1 Å². The summed E-state index contributed by atoms with van der Waals surface area (Å²) in [6.07, 6.45) is 0. The van der Waals surface area contributed by atoms with Gasteiger partial charge in [-0.1, -0.05) is 12.1 Å². The Labute approximate surface area is 82.5 Å². The molecule has 0 aliphatic rings. The first kappa shape index (κ1) is 9.59. The third-order valence-electron chi connectivity index (χ3n) is 1.96. The first-order chi connectivity index (χ1) is 5.79. The Morgan fingerprint density at radius 3 is 2.25 bits per heavy atom. The number of hydrogen-bond acceptors (Lipinski definition) is 1. The SMILES string of the molecule is CCN(CC)c1ccccc1Br. The fourth-order valence-electron chi connectivity index (χ4n) is 1.27. The van der Waals surface area contributed by atoms with E-state index in [0.717, 1.165) is 13.1 Å². The molecule has 0 N–H and O–H groups in total. The molecule has 0 saturated heterocycles. The number of hydrogen-bond donors (Lipinski definition) is 0. The Morgan fingerprint density at radius 1 is 1.17 bits per heavy atom. The highest BCUT2D eigenvalue weighted by Gasteiger charge is 2.03. The maximum atomic E-state index is 3.54. The maximum absolute atomic E-state index is 3.54. The minimum atomic E-state index is 1.05. The summed E-state index contributed by atoms with van der Waals surface area (Å²) in [6, 6.07) is 8.32. The number of anilines is 1. The van der Waals surface area contributed by atoms with Crippen LogP contribution in [0.1, 0.15) is 13.8 Å². The molecule has 0 spiro atoms. The lowest BCUT2D eigenvalue weighted by Crippen LogP contribution is -2.21. The van der Waals surface area contributed by atoms with Crippen LogP contribution in [-0.2, 0) is 0 Å². The van der Waals surface area contributed by atoms with Crippen LogP contribution in [0.25, 0.3) is 0 Å². The van der Waals surface area contributed by atoms with E-state index in [1.54, 1.807) is 0 Å². The van der Waals surface area contributed by atoms with E-state index in [1.165, 1.54) is 10.2 Å². The first-order valence-corrected chi connectivity index (χ1v) is 5.08. The van der Waals surface area contributed by atoms with E-state index in [0.29, 0.717) is 0 Å². The van der Waals surface area contributed by atoms with Crippen LogP contribution in [0.3, 0.4) is 0 Å². The largest absolute Gasteiger partial charge is 0.371 e. The number of nitrogens with zero attached hydrogens (tertiary/aromatic N) is 1. The summed E-state index contributed by atoms with van der Waals surface area (Å²) in [5.74, 6) is 0. The summed E-state index contributed by atoms with van der Waals surface area (Å²) in [6.45, 7) is 6.45. The molecule has 0 amide bonds. The van der Waals surface area contributed by atoms with E-state index in [1.807, 2.05) is 6.07 Å². The normalized spacial score (nSPS) is 9.92. The Morgan fingerprint density at radius 2 is 1.75 bits per heavy atom. The van der Waals surface area contributed by atoms with Gasteiger partial charge in [0.25, 0.3) is 0 Å². The molecule has 2 heteroatoms. The van der Waals surface area contributed by atoms with Gasteiger partial charge in [-0.25, -0.2) is 0 Å². The first-order valence-electron chi connectivity index (χ1n) is 4.29. The molecular weight excluding hydrogens is 214 g/mol. The molecule has 66 valence electrons. The monoisotopic (exact) mass is 227 g/mol. The van der Waals surface area contributed by atoms with Gasteiger partial charge in [-0.2, -0.15) is 0 Å². The van der Waals surface area contributed by atoms with E-state index < -0.39 is 0 Å². The summed E-state index contributed by atoms with van der Waals surface area (Å²) in [5, 5.41) is 0. The highest BCUT2D eigenvalue weighted by molar-refractivity contribution is 9.10. The Balaban J connectivity index is 2.92. The lowest BCUT2D eigenvalue weighted by molar-refractivity contribution is 0.864. The van der Waals surface area contributed by atoms with Gasteiger partial charge in [-0.05, 0) is 41.9 Å². The van der Waals surface area contributed by atoms with Crippen LogP contribution >= 0.6 is 15.9 Å². The zero-order valence-electron chi connectivity index (χ0n) is 7.55. The minimum absolute atomic E-state index is 1.05. The van der Waals surface area contributed by atoms with Gasteiger partial charge in [0.2, 0.25) is 0 Å². The molecule has 1 nitrogen and oxygen atoms in total. The highest BCUT2D eigenvalue weighted by atomic mass is 79.9. The zero-order valence-corrected chi connectivity index (χ0v) is 9.13. The third-order valence-corrected chi connectivity index (χ3v) is 2.63. The highest BCUT2D eigenvalue weighted by Crippen LogP contribution is 2.24. The number of rotatable bonds is 3. The van der Waals surface area contributed by atoms with Gasteiger partial charge in [0, 0.05) is 17.6 Å². The Kier molecular flexibility index (Phi) is 3.60. The number of para-hydroxylation sites is 1. The molecule has 12 heavy (non-hydrogen) atoms. The van der Waals surface area contributed by atoms with Crippen molar-refractivity contribution in [3.63, 3.8) is 0 Å². The molecule has 0 aromatic heterocycles. The minimum Gasteiger partial charge on any atom is -0.371 e. The third kappa shape index (κ3) is 2.01. The van der Waals surface area contributed by atoms with E-state index in [2.05, 4.69) is 52.9 Å².